The van der Waals surface area contributed by atoms with Gasteiger partial charge in [0, 0.05) is 32.7 Å². The third-order valence-electron chi connectivity index (χ3n) is 4.17. The van der Waals surface area contributed by atoms with Crippen LogP contribution in [0.25, 0.3) is 16.9 Å². The van der Waals surface area contributed by atoms with Crippen molar-refractivity contribution in [3.63, 3.8) is 0 Å². The number of carboxylic acid groups (broad SMARTS) is 1. The molecule has 0 bridgehead atoms. The molecule has 0 aliphatic rings. The van der Waals surface area contributed by atoms with E-state index in [9.17, 15) is 9.90 Å². The number of aromatic carboxylic acids is 1. The maximum Gasteiger partial charge on any atom is 0.356 e. The average Bonchev–Trinajstić information content (AvgIpc) is 3.00. The predicted molar refractivity (Wildman–Crippen MR) is 115 cm³/mol. The highest BCUT2D eigenvalue weighted by atomic mass is 79.9. The zero-order chi connectivity index (χ0) is 20.5. The number of carbonyl (C=O) groups is 1. The molecule has 0 aliphatic heterocycles. The number of nitrogens with zero attached hydrogens (tertiary/aromatic N) is 2. The lowest BCUT2D eigenvalue weighted by Gasteiger charge is -2.21. The molecule has 7 heteroatoms. The van der Waals surface area contributed by atoms with E-state index in [0.717, 1.165) is 21.4 Å². The van der Waals surface area contributed by atoms with E-state index in [1.54, 1.807) is 16.8 Å². The smallest absolute Gasteiger partial charge is 0.356 e. The summed E-state index contributed by atoms with van der Waals surface area (Å²) in [6.45, 7) is 6.49. The van der Waals surface area contributed by atoms with E-state index in [2.05, 4.69) is 26.3 Å². The second-order valence-electron chi connectivity index (χ2n) is 7.48. The molecule has 2 N–H and O–H groups in total. The molecule has 28 heavy (non-hydrogen) atoms. The first-order valence-electron chi connectivity index (χ1n) is 8.78. The molecule has 0 fully saturated rings. The monoisotopic (exact) mass is 461 g/mol. The SMILES string of the molecule is CC(C)(C)NCc1c(C(=O)O)nn(-c2ccc(Cl)cc2)c1-c1ccc(Br)cc1. The van der Waals surface area contributed by atoms with Crippen molar-refractivity contribution in [3.05, 3.63) is 69.3 Å². The summed E-state index contributed by atoms with van der Waals surface area (Å²) < 4.78 is 2.62. The Kier molecular flexibility index (Phi) is 5.93. The lowest BCUT2D eigenvalue weighted by atomic mass is 10.0. The minimum absolute atomic E-state index is 0.0321. The Hall–Kier alpha value is -2.15. The Morgan fingerprint density at radius 3 is 2.29 bits per heavy atom. The topological polar surface area (TPSA) is 67.2 Å². The number of benzene rings is 2. The number of hydrogen-bond donors (Lipinski definition) is 2. The quantitative estimate of drug-likeness (QED) is 0.522. The van der Waals surface area contributed by atoms with Crippen molar-refractivity contribution in [1.29, 1.82) is 0 Å². The summed E-state index contributed by atoms with van der Waals surface area (Å²) in [4.78, 5) is 12.0. The molecule has 5 nitrogen and oxygen atoms in total. The second kappa shape index (κ2) is 8.07. The maximum absolute atomic E-state index is 12.0. The average molecular weight is 463 g/mol. The highest BCUT2D eigenvalue weighted by Crippen LogP contribution is 2.31. The lowest BCUT2D eigenvalue weighted by Crippen LogP contribution is -2.35. The van der Waals surface area contributed by atoms with E-state index in [1.165, 1.54) is 0 Å². The predicted octanol–water partition coefficient (Wildman–Crippen LogP) is 5.54. The molecule has 0 spiro atoms. The van der Waals surface area contributed by atoms with Crippen LogP contribution < -0.4 is 5.32 Å². The summed E-state index contributed by atoms with van der Waals surface area (Å²) in [7, 11) is 0. The first kappa shape index (κ1) is 20.6. The molecule has 2 aromatic carbocycles. The zero-order valence-corrected chi connectivity index (χ0v) is 18.2. The Balaban J connectivity index is 2.24. The van der Waals surface area contributed by atoms with Crippen molar-refractivity contribution in [1.82, 2.24) is 15.1 Å². The molecule has 0 radical (unpaired) electrons. The number of halogens is 2. The van der Waals surface area contributed by atoms with Gasteiger partial charge < -0.3 is 10.4 Å². The number of rotatable bonds is 5. The van der Waals surface area contributed by atoms with Gasteiger partial charge in [0.2, 0.25) is 0 Å². The normalized spacial score (nSPS) is 11.6. The van der Waals surface area contributed by atoms with Crippen molar-refractivity contribution < 1.29 is 9.90 Å². The van der Waals surface area contributed by atoms with Gasteiger partial charge in [0.15, 0.2) is 5.69 Å². The van der Waals surface area contributed by atoms with Gasteiger partial charge in [-0.15, -0.1) is 0 Å². The van der Waals surface area contributed by atoms with Crippen LogP contribution in [-0.4, -0.2) is 26.4 Å². The molecule has 3 aromatic rings. The van der Waals surface area contributed by atoms with E-state index in [4.69, 9.17) is 11.6 Å². The van der Waals surface area contributed by atoms with E-state index >= 15 is 0 Å². The van der Waals surface area contributed by atoms with Gasteiger partial charge in [-0.25, -0.2) is 9.48 Å². The van der Waals surface area contributed by atoms with Crippen molar-refractivity contribution in [2.75, 3.05) is 0 Å². The van der Waals surface area contributed by atoms with Crippen LogP contribution in [-0.2, 0) is 6.54 Å². The van der Waals surface area contributed by atoms with Crippen molar-refractivity contribution in [3.8, 4) is 16.9 Å². The largest absolute Gasteiger partial charge is 0.476 e. The van der Waals surface area contributed by atoms with Crippen molar-refractivity contribution >= 4 is 33.5 Å². The molecular formula is C21H21BrClN3O2. The van der Waals surface area contributed by atoms with Gasteiger partial charge in [-0.3, -0.25) is 0 Å². The summed E-state index contributed by atoms with van der Waals surface area (Å²) in [5.41, 5.74) is 2.86. The van der Waals surface area contributed by atoms with Gasteiger partial charge in [-0.05, 0) is 57.2 Å². The van der Waals surface area contributed by atoms with Crippen LogP contribution in [0.4, 0.5) is 0 Å². The van der Waals surface area contributed by atoms with E-state index in [-0.39, 0.29) is 11.2 Å². The number of hydrogen-bond acceptors (Lipinski definition) is 3. The molecule has 0 unspecified atom stereocenters. The highest BCUT2D eigenvalue weighted by Gasteiger charge is 2.25. The summed E-state index contributed by atoms with van der Waals surface area (Å²) in [6.07, 6.45) is 0. The molecule has 0 amide bonds. The molecule has 1 aromatic heterocycles. The Morgan fingerprint density at radius 1 is 1.14 bits per heavy atom. The number of nitrogens with one attached hydrogen (secondary N) is 1. The number of carboxylic acids is 1. The van der Waals surface area contributed by atoms with E-state index in [0.29, 0.717) is 17.1 Å². The van der Waals surface area contributed by atoms with Gasteiger partial charge in [0.1, 0.15) is 0 Å². The molecule has 3 rings (SSSR count). The molecule has 0 saturated carbocycles. The van der Waals surface area contributed by atoms with E-state index < -0.39 is 5.97 Å². The summed E-state index contributed by atoms with van der Waals surface area (Å²) >= 11 is 9.47. The van der Waals surface area contributed by atoms with Crippen molar-refractivity contribution in [2.24, 2.45) is 0 Å². The first-order chi connectivity index (χ1) is 13.2. The Morgan fingerprint density at radius 2 is 1.75 bits per heavy atom. The fourth-order valence-electron chi connectivity index (χ4n) is 2.82. The Labute approximate surface area is 177 Å². The highest BCUT2D eigenvalue weighted by molar-refractivity contribution is 9.10. The van der Waals surface area contributed by atoms with Crippen LogP contribution in [0.15, 0.2) is 53.0 Å². The van der Waals surface area contributed by atoms with Crippen LogP contribution >= 0.6 is 27.5 Å². The van der Waals surface area contributed by atoms with Gasteiger partial charge in [0.05, 0.1) is 11.4 Å². The van der Waals surface area contributed by atoms with Crippen LogP contribution in [0.1, 0.15) is 36.8 Å². The van der Waals surface area contributed by atoms with Gasteiger partial charge in [-0.2, -0.15) is 5.10 Å². The summed E-state index contributed by atoms with van der Waals surface area (Å²) in [5, 5.41) is 18.2. The summed E-state index contributed by atoms with van der Waals surface area (Å²) in [5.74, 6) is -1.06. The van der Waals surface area contributed by atoms with Crippen LogP contribution in [0.5, 0.6) is 0 Å². The molecule has 0 aliphatic carbocycles. The minimum Gasteiger partial charge on any atom is -0.476 e. The fraction of sp³-hybridized carbons (Fsp3) is 0.238. The lowest BCUT2D eigenvalue weighted by molar-refractivity contribution is 0.0688. The standard InChI is InChI=1S/C21H21BrClN3O2/c1-21(2,3)24-12-17-18(20(27)28)25-26(16-10-8-15(23)9-11-16)19(17)13-4-6-14(22)7-5-13/h4-11,24H,12H2,1-3H3,(H,27,28). The van der Waals surface area contributed by atoms with Gasteiger partial charge in [-0.1, -0.05) is 39.7 Å². The fourth-order valence-corrected chi connectivity index (χ4v) is 3.21. The van der Waals surface area contributed by atoms with E-state index in [1.807, 2.05) is 57.2 Å². The second-order valence-corrected chi connectivity index (χ2v) is 8.83. The summed E-state index contributed by atoms with van der Waals surface area (Å²) in [6, 6.07) is 14.9. The molecule has 0 atom stereocenters. The van der Waals surface area contributed by atoms with Gasteiger partial charge in [0.25, 0.3) is 0 Å². The molecule has 1 heterocycles. The number of aromatic nitrogens is 2. The molecule has 146 valence electrons. The third-order valence-corrected chi connectivity index (χ3v) is 4.95. The zero-order valence-electron chi connectivity index (χ0n) is 15.8. The minimum atomic E-state index is -1.06. The van der Waals surface area contributed by atoms with Gasteiger partial charge >= 0.3 is 5.97 Å². The van der Waals surface area contributed by atoms with Crippen LogP contribution in [0.2, 0.25) is 5.02 Å². The van der Waals surface area contributed by atoms with Crippen LogP contribution in [0.3, 0.4) is 0 Å². The third kappa shape index (κ3) is 4.63. The molecule has 0 saturated heterocycles. The van der Waals surface area contributed by atoms with Crippen LogP contribution in [0, 0.1) is 0 Å². The first-order valence-corrected chi connectivity index (χ1v) is 9.95. The maximum atomic E-state index is 12.0. The van der Waals surface area contributed by atoms with Crippen molar-refractivity contribution in [2.45, 2.75) is 32.9 Å². The molecular weight excluding hydrogens is 442 g/mol. The Bertz CT molecular complexity index is 990.